The number of hydrogen-bond donors (Lipinski definition) is 1. The van der Waals surface area contributed by atoms with E-state index in [1.807, 2.05) is 19.1 Å². The fourth-order valence-electron chi connectivity index (χ4n) is 2.56. The minimum absolute atomic E-state index is 0.221. The van der Waals surface area contributed by atoms with Crippen molar-refractivity contribution >= 4 is 22.9 Å². The van der Waals surface area contributed by atoms with Gasteiger partial charge in [0.05, 0.1) is 5.69 Å². The van der Waals surface area contributed by atoms with Gasteiger partial charge in [0.2, 0.25) is 0 Å². The molecule has 0 saturated carbocycles. The lowest BCUT2D eigenvalue weighted by Gasteiger charge is -2.07. The molecule has 3 aromatic rings. The van der Waals surface area contributed by atoms with E-state index in [0.717, 1.165) is 17.0 Å². The molecule has 1 amide bonds. The van der Waals surface area contributed by atoms with Gasteiger partial charge in [-0.2, -0.15) is 0 Å². The molecule has 0 spiro atoms. The van der Waals surface area contributed by atoms with E-state index in [2.05, 4.69) is 29.4 Å². The molecule has 1 N–H and O–H groups in total. The SMILES string of the molecule is CCc1ccc(-c2nc(C)c(C(=O)Nc3ccc(F)cc3C)s2)cc1. The van der Waals surface area contributed by atoms with E-state index < -0.39 is 0 Å². The predicted molar refractivity (Wildman–Crippen MR) is 101 cm³/mol. The van der Waals surface area contributed by atoms with Crippen LogP contribution in [0.3, 0.4) is 0 Å². The Balaban J connectivity index is 1.84. The maximum atomic E-state index is 13.2. The smallest absolute Gasteiger partial charge is 0.267 e. The van der Waals surface area contributed by atoms with Crippen LogP contribution in [0.15, 0.2) is 42.5 Å². The number of nitrogens with zero attached hydrogens (tertiary/aromatic N) is 1. The van der Waals surface area contributed by atoms with E-state index in [9.17, 15) is 9.18 Å². The minimum atomic E-state index is -0.317. The second-order valence-corrected chi connectivity index (χ2v) is 6.90. The van der Waals surface area contributed by atoms with Crippen molar-refractivity contribution < 1.29 is 9.18 Å². The highest BCUT2D eigenvalue weighted by molar-refractivity contribution is 7.17. The van der Waals surface area contributed by atoms with E-state index in [1.165, 1.54) is 29.0 Å². The monoisotopic (exact) mass is 354 g/mol. The second-order valence-electron chi connectivity index (χ2n) is 5.90. The average molecular weight is 354 g/mol. The summed E-state index contributed by atoms with van der Waals surface area (Å²) in [6.45, 7) is 5.70. The summed E-state index contributed by atoms with van der Waals surface area (Å²) >= 11 is 1.37. The van der Waals surface area contributed by atoms with Crippen LogP contribution in [0.5, 0.6) is 0 Å². The van der Waals surface area contributed by atoms with Crippen LogP contribution in [0.1, 0.15) is 33.4 Å². The van der Waals surface area contributed by atoms with Crippen molar-refractivity contribution in [2.75, 3.05) is 5.32 Å². The quantitative estimate of drug-likeness (QED) is 0.683. The minimum Gasteiger partial charge on any atom is -0.321 e. The van der Waals surface area contributed by atoms with Crippen molar-refractivity contribution in [3.8, 4) is 10.6 Å². The summed E-state index contributed by atoms with van der Waals surface area (Å²) in [7, 11) is 0. The Hall–Kier alpha value is -2.53. The second kappa shape index (κ2) is 7.15. The van der Waals surface area contributed by atoms with E-state index >= 15 is 0 Å². The molecule has 0 atom stereocenters. The highest BCUT2D eigenvalue weighted by Crippen LogP contribution is 2.29. The van der Waals surface area contributed by atoms with Crippen LogP contribution in [0.4, 0.5) is 10.1 Å². The maximum absolute atomic E-state index is 13.2. The molecule has 3 nitrogen and oxygen atoms in total. The van der Waals surface area contributed by atoms with Gasteiger partial charge in [-0.3, -0.25) is 4.79 Å². The molecule has 0 bridgehead atoms. The first kappa shape index (κ1) is 17.3. The van der Waals surface area contributed by atoms with Gasteiger partial charge in [-0.15, -0.1) is 11.3 Å². The fourth-order valence-corrected chi connectivity index (χ4v) is 3.53. The Bertz CT molecular complexity index is 916. The molecule has 0 unspecified atom stereocenters. The standard InChI is InChI=1S/C20H19FN2OS/c1-4-14-5-7-15(8-6-14)20-22-13(3)18(25-20)19(24)23-17-10-9-16(21)11-12(17)2/h5-11H,4H2,1-3H3,(H,23,24). The van der Waals surface area contributed by atoms with E-state index in [0.29, 0.717) is 21.8 Å². The molecular weight excluding hydrogens is 335 g/mol. The summed E-state index contributed by atoms with van der Waals surface area (Å²) in [5, 5.41) is 3.66. The fraction of sp³-hybridized carbons (Fsp3) is 0.200. The highest BCUT2D eigenvalue weighted by atomic mass is 32.1. The van der Waals surface area contributed by atoms with Crippen LogP contribution in [0, 0.1) is 19.7 Å². The summed E-state index contributed by atoms with van der Waals surface area (Å²) in [6.07, 6.45) is 0.988. The molecule has 0 aliphatic rings. The van der Waals surface area contributed by atoms with Crippen LogP contribution in [-0.2, 0) is 6.42 Å². The van der Waals surface area contributed by atoms with Gasteiger partial charge in [0.1, 0.15) is 15.7 Å². The van der Waals surface area contributed by atoms with Crippen molar-refractivity contribution in [1.82, 2.24) is 4.98 Å². The third-order valence-corrected chi connectivity index (χ3v) is 5.25. The lowest BCUT2D eigenvalue weighted by Crippen LogP contribution is -2.12. The number of benzene rings is 2. The normalized spacial score (nSPS) is 10.7. The zero-order chi connectivity index (χ0) is 18.0. The van der Waals surface area contributed by atoms with Gasteiger partial charge in [-0.25, -0.2) is 9.37 Å². The van der Waals surface area contributed by atoms with Gasteiger partial charge >= 0.3 is 0 Å². The third kappa shape index (κ3) is 3.77. The van der Waals surface area contributed by atoms with Gasteiger partial charge < -0.3 is 5.32 Å². The summed E-state index contributed by atoms with van der Waals surface area (Å²) < 4.78 is 13.2. The van der Waals surface area contributed by atoms with E-state index in [1.54, 1.807) is 13.0 Å². The molecule has 0 aliphatic carbocycles. The van der Waals surface area contributed by atoms with Crippen molar-refractivity contribution in [2.24, 2.45) is 0 Å². The molecule has 0 aliphatic heterocycles. The van der Waals surface area contributed by atoms with Crippen LogP contribution >= 0.6 is 11.3 Å². The molecule has 0 saturated heterocycles. The van der Waals surface area contributed by atoms with Crippen molar-refractivity contribution in [3.05, 3.63) is 70.0 Å². The Morgan fingerprint density at radius 1 is 1.16 bits per heavy atom. The van der Waals surface area contributed by atoms with Gasteiger partial charge in [0, 0.05) is 11.3 Å². The Morgan fingerprint density at radius 3 is 2.52 bits per heavy atom. The number of anilines is 1. The van der Waals surface area contributed by atoms with Crippen LogP contribution in [-0.4, -0.2) is 10.9 Å². The largest absolute Gasteiger partial charge is 0.321 e. The first-order valence-electron chi connectivity index (χ1n) is 8.12. The first-order valence-corrected chi connectivity index (χ1v) is 8.94. The molecule has 5 heteroatoms. The number of thiazole rings is 1. The van der Waals surface area contributed by atoms with Crippen molar-refractivity contribution in [1.29, 1.82) is 0 Å². The third-order valence-electron chi connectivity index (χ3n) is 4.05. The van der Waals surface area contributed by atoms with E-state index in [-0.39, 0.29) is 11.7 Å². The molecule has 0 fully saturated rings. The summed E-state index contributed by atoms with van der Waals surface area (Å²) in [5.41, 5.74) is 4.25. The Kier molecular flexibility index (Phi) is 4.95. The maximum Gasteiger partial charge on any atom is 0.267 e. The summed E-state index contributed by atoms with van der Waals surface area (Å²) in [4.78, 5) is 17.7. The van der Waals surface area contributed by atoms with Crippen LogP contribution < -0.4 is 5.32 Å². The Labute approximate surface area is 150 Å². The summed E-state index contributed by atoms with van der Waals surface area (Å²) in [5.74, 6) is -0.539. The van der Waals surface area contributed by atoms with Crippen molar-refractivity contribution in [3.63, 3.8) is 0 Å². The van der Waals surface area contributed by atoms with Gasteiger partial charge in [0.25, 0.3) is 5.91 Å². The topological polar surface area (TPSA) is 42.0 Å². The predicted octanol–water partition coefficient (Wildman–Crippen LogP) is 5.38. The van der Waals surface area contributed by atoms with Gasteiger partial charge in [-0.05, 0) is 49.6 Å². The molecule has 3 rings (SSSR count). The number of nitrogens with one attached hydrogen (secondary N) is 1. The molecule has 1 heterocycles. The number of amides is 1. The number of carbonyl (C=O) groups is 1. The number of aromatic nitrogens is 1. The number of rotatable bonds is 4. The van der Waals surface area contributed by atoms with E-state index in [4.69, 9.17) is 0 Å². The lowest BCUT2D eigenvalue weighted by atomic mass is 10.1. The van der Waals surface area contributed by atoms with Crippen LogP contribution in [0.25, 0.3) is 10.6 Å². The number of halogens is 1. The van der Waals surface area contributed by atoms with Gasteiger partial charge in [-0.1, -0.05) is 31.2 Å². The summed E-state index contributed by atoms with van der Waals surface area (Å²) in [6, 6.07) is 12.5. The number of aryl methyl sites for hydroxylation is 3. The average Bonchev–Trinajstić information content (AvgIpc) is 2.99. The Morgan fingerprint density at radius 2 is 1.88 bits per heavy atom. The zero-order valence-electron chi connectivity index (χ0n) is 14.4. The number of hydrogen-bond acceptors (Lipinski definition) is 3. The zero-order valence-corrected chi connectivity index (χ0v) is 15.2. The molecule has 1 aromatic heterocycles. The molecule has 128 valence electrons. The molecule has 0 radical (unpaired) electrons. The van der Waals surface area contributed by atoms with Crippen molar-refractivity contribution in [2.45, 2.75) is 27.2 Å². The lowest BCUT2D eigenvalue weighted by molar-refractivity contribution is 0.102. The van der Waals surface area contributed by atoms with Gasteiger partial charge in [0.15, 0.2) is 0 Å². The molecule has 25 heavy (non-hydrogen) atoms. The first-order chi connectivity index (χ1) is 12.0. The molecular formula is C20H19FN2OS. The molecule has 2 aromatic carbocycles. The number of carbonyl (C=O) groups excluding carboxylic acids is 1. The highest BCUT2D eigenvalue weighted by Gasteiger charge is 2.17. The van der Waals surface area contributed by atoms with Crippen LogP contribution in [0.2, 0.25) is 0 Å².